The zero-order valence-electron chi connectivity index (χ0n) is 18.8. The lowest BCUT2D eigenvalue weighted by atomic mass is 9.99. The lowest BCUT2D eigenvalue weighted by molar-refractivity contribution is -0.124. The average Bonchev–Trinajstić information content (AvgIpc) is 3.57. The second kappa shape index (κ2) is 9.90. The fourth-order valence-electron chi connectivity index (χ4n) is 3.87. The van der Waals surface area contributed by atoms with E-state index in [9.17, 15) is 9.59 Å². The van der Waals surface area contributed by atoms with Crippen molar-refractivity contribution in [3.63, 3.8) is 0 Å². The molecule has 0 unspecified atom stereocenters. The first kappa shape index (κ1) is 22.5. The van der Waals surface area contributed by atoms with Crippen LogP contribution in [0.2, 0.25) is 0 Å². The molecule has 0 spiro atoms. The number of amides is 1. The van der Waals surface area contributed by atoms with Gasteiger partial charge in [0.05, 0.1) is 33.3 Å². The number of esters is 1. The van der Waals surface area contributed by atoms with E-state index in [1.165, 1.54) is 11.3 Å². The monoisotopic (exact) mass is 483 g/mol. The van der Waals surface area contributed by atoms with Crippen molar-refractivity contribution < 1.29 is 18.8 Å². The Morgan fingerprint density at radius 2 is 1.69 bits per heavy atom. The van der Waals surface area contributed by atoms with Crippen LogP contribution in [0.15, 0.2) is 88.8 Å². The standard InChI is InChI=1S/C27H21N3O4S/c1-17-24-20(15-21(22-13-8-14-35-22)28-26(24)34-30-17)27(32)33-16-23(31)29-25(18-9-4-2-5-10-18)19-11-6-3-7-12-19/h2-15,25H,16H2,1H3,(H,29,31). The van der Waals surface area contributed by atoms with Crippen molar-refractivity contribution in [1.82, 2.24) is 15.5 Å². The number of aromatic nitrogens is 2. The van der Waals surface area contributed by atoms with E-state index in [-0.39, 0.29) is 17.3 Å². The highest BCUT2D eigenvalue weighted by molar-refractivity contribution is 7.13. The molecule has 0 aliphatic carbocycles. The molecule has 5 aromatic rings. The summed E-state index contributed by atoms with van der Waals surface area (Å²) in [6.07, 6.45) is 0. The predicted octanol–water partition coefficient (Wildman–Crippen LogP) is 5.32. The molecule has 0 saturated heterocycles. The van der Waals surface area contributed by atoms with E-state index < -0.39 is 18.5 Å². The Labute approximate surface area is 205 Å². The van der Waals surface area contributed by atoms with E-state index in [1.54, 1.807) is 13.0 Å². The maximum Gasteiger partial charge on any atom is 0.339 e. The molecule has 35 heavy (non-hydrogen) atoms. The fourth-order valence-corrected chi connectivity index (χ4v) is 4.55. The van der Waals surface area contributed by atoms with Crippen LogP contribution in [-0.4, -0.2) is 28.6 Å². The minimum Gasteiger partial charge on any atom is -0.452 e. The van der Waals surface area contributed by atoms with Crippen molar-refractivity contribution in [1.29, 1.82) is 0 Å². The Morgan fingerprint density at radius 3 is 2.31 bits per heavy atom. The summed E-state index contributed by atoms with van der Waals surface area (Å²) in [6, 6.07) is 24.3. The number of thiophene rings is 1. The number of ether oxygens (including phenoxy) is 1. The molecular formula is C27H21N3O4S. The van der Waals surface area contributed by atoms with Crippen LogP contribution in [0.4, 0.5) is 0 Å². The lowest BCUT2D eigenvalue weighted by Gasteiger charge is -2.20. The molecule has 0 atom stereocenters. The molecule has 8 heteroatoms. The van der Waals surface area contributed by atoms with Gasteiger partial charge in [-0.2, -0.15) is 0 Å². The van der Waals surface area contributed by atoms with Crippen molar-refractivity contribution in [3.8, 4) is 10.6 Å². The van der Waals surface area contributed by atoms with Crippen LogP contribution in [-0.2, 0) is 9.53 Å². The smallest absolute Gasteiger partial charge is 0.339 e. The molecule has 3 aromatic heterocycles. The van der Waals surface area contributed by atoms with Gasteiger partial charge in [-0.1, -0.05) is 71.9 Å². The number of aryl methyl sites for hydroxylation is 1. The molecule has 3 heterocycles. The predicted molar refractivity (Wildman–Crippen MR) is 133 cm³/mol. The molecule has 1 N–H and O–H groups in total. The van der Waals surface area contributed by atoms with E-state index >= 15 is 0 Å². The number of fused-ring (bicyclic) bond motifs is 1. The average molecular weight is 484 g/mol. The van der Waals surface area contributed by atoms with Crippen LogP contribution >= 0.6 is 11.3 Å². The van der Waals surface area contributed by atoms with Gasteiger partial charge in [0.15, 0.2) is 6.61 Å². The maximum atomic E-state index is 13.1. The summed E-state index contributed by atoms with van der Waals surface area (Å²) in [5.74, 6) is -1.06. The molecule has 7 nitrogen and oxygen atoms in total. The third-order valence-electron chi connectivity index (χ3n) is 5.52. The van der Waals surface area contributed by atoms with Crippen LogP contribution in [0.3, 0.4) is 0 Å². The molecule has 1 amide bonds. The third-order valence-corrected chi connectivity index (χ3v) is 6.41. The van der Waals surface area contributed by atoms with Crippen molar-refractivity contribution in [2.24, 2.45) is 0 Å². The number of pyridine rings is 1. The maximum absolute atomic E-state index is 13.1. The summed E-state index contributed by atoms with van der Waals surface area (Å²) in [7, 11) is 0. The Balaban J connectivity index is 1.35. The van der Waals surface area contributed by atoms with E-state index in [2.05, 4.69) is 15.5 Å². The largest absolute Gasteiger partial charge is 0.452 e. The van der Waals surface area contributed by atoms with Crippen LogP contribution < -0.4 is 5.32 Å². The molecule has 2 aromatic carbocycles. The summed E-state index contributed by atoms with van der Waals surface area (Å²) in [5, 5.41) is 9.31. The van der Waals surface area contributed by atoms with E-state index in [4.69, 9.17) is 9.26 Å². The molecule has 0 aliphatic heterocycles. The van der Waals surface area contributed by atoms with Crippen LogP contribution in [0, 0.1) is 6.92 Å². The number of carbonyl (C=O) groups excluding carboxylic acids is 2. The Kier molecular flexibility index (Phi) is 6.36. The number of nitrogens with zero attached hydrogens (tertiary/aromatic N) is 2. The first-order valence-corrected chi connectivity index (χ1v) is 11.9. The molecule has 0 fully saturated rings. The number of carbonyl (C=O) groups is 2. The van der Waals surface area contributed by atoms with Crippen LogP contribution in [0.1, 0.15) is 33.2 Å². The summed E-state index contributed by atoms with van der Waals surface area (Å²) in [5.41, 5.74) is 3.46. The Morgan fingerprint density at radius 1 is 1.00 bits per heavy atom. The minimum absolute atomic E-state index is 0.248. The Hall–Kier alpha value is -4.30. The van der Waals surface area contributed by atoms with E-state index in [0.29, 0.717) is 16.8 Å². The first-order valence-electron chi connectivity index (χ1n) is 11.0. The van der Waals surface area contributed by atoms with Gasteiger partial charge in [0.2, 0.25) is 0 Å². The number of rotatable bonds is 7. The zero-order valence-corrected chi connectivity index (χ0v) is 19.6. The second-order valence-electron chi connectivity index (χ2n) is 7.88. The molecule has 0 saturated carbocycles. The molecule has 5 rings (SSSR count). The Bertz CT molecular complexity index is 1430. The highest BCUT2D eigenvalue weighted by Crippen LogP contribution is 2.30. The normalized spacial score (nSPS) is 11.0. The van der Waals surface area contributed by atoms with E-state index in [1.807, 2.05) is 78.2 Å². The van der Waals surface area contributed by atoms with Gasteiger partial charge in [-0.25, -0.2) is 9.78 Å². The SMILES string of the molecule is Cc1noc2nc(-c3cccs3)cc(C(=O)OCC(=O)NC(c3ccccc3)c3ccccc3)c12. The zero-order chi connectivity index (χ0) is 24.2. The van der Waals surface area contributed by atoms with Gasteiger partial charge in [0.1, 0.15) is 0 Å². The van der Waals surface area contributed by atoms with Crippen molar-refractivity contribution in [2.75, 3.05) is 6.61 Å². The number of nitrogens with one attached hydrogen (secondary N) is 1. The molecule has 0 bridgehead atoms. The number of hydrogen-bond acceptors (Lipinski definition) is 7. The van der Waals surface area contributed by atoms with Crippen LogP contribution in [0.25, 0.3) is 21.7 Å². The summed E-state index contributed by atoms with van der Waals surface area (Å²) >= 11 is 1.49. The van der Waals surface area contributed by atoms with E-state index in [0.717, 1.165) is 16.0 Å². The molecule has 0 aliphatic rings. The number of benzene rings is 2. The summed E-state index contributed by atoms with van der Waals surface area (Å²) in [4.78, 5) is 31.3. The van der Waals surface area contributed by atoms with Gasteiger partial charge in [-0.15, -0.1) is 11.3 Å². The number of hydrogen-bond donors (Lipinski definition) is 1. The lowest BCUT2D eigenvalue weighted by Crippen LogP contribution is -2.33. The van der Waals surface area contributed by atoms with Gasteiger partial charge >= 0.3 is 5.97 Å². The minimum atomic E-state index is -0.646. The van der Waals surface area contributed by atoms with Gasteiger partial charge < -0.3 is 14.6 Å². The van der Waals surface area contributed by atoms with Crippen LogP contribution in [0.5, 0.6) is 0 Å². The molecule has 174 valence electrons. The molecule has 0 radical (unpaired) electrons. The second-order valence-corrected chi connectivity index (χ2v) is 8.83. The fraction of sp³-hybridized carbons (Fsp3) is 0.111. The molecular weight excluding hydrogens is 462 g/mol. The summed E-state index contributed by atoms with van der Waals surface area (Å²) < 4.78 is 10.7. The van der Waals surface area contributed by atoms with Crippen molar-refractivity contribution in [2.45, 2.75) is 13.0 Å². The van der Waals surface area contributed by atoms with Gasteiger partial charge in [0, 0.05) is 0 Å². The topological polar surface area (TPSA) is 94.3 Å². The summed E-state index contributed by atoms with van der Waals surface area (Å²) in [6.45, 7) is 1.30. The quantitative estimate of drug-likeness (QED) is 0.315. The van der Waals surface area contributed by atoms with Crippen molar-refractivity contribution in [3.05, 3.63) is 107 Å². The van der Waals surface area contributed by atoms with Gasteiger partial charge in [-0.05, 0) is 35.6 Å². The highest BCUT2D eigenvalue weighted by atomic mass is 32.1. The van der Waals surface area contributed by atoms with Gasteiger partial charge in [-0.3, -0.25) is 4.79 Å². The highest BCUT2D eigenvalue weighted by Gasteiger charge is 2.22. The first-order chi connectivity index (χ1) is 17.1. The van der Waals surface area contributed by atoms with Crippen molar-refractivity contribution >= 4 is 34.3 Å². The van der Waals surface area contributed by atoms with Gasteiger partial charge in [0.25, 0.3) is 11.6 Å². The third kappa shape index (κ3) is 4.83.